The van der Waals surface area contributed by atoms with E-state index in [4.69, 9.17) is 4.98 Å². The fourth-order valence-corrected chi connectivity index (χ4v) is 4.20. The quantitative estimate of drug-likeness (QED) is 0.413. The van der Waals surface area contributed by atoms with Crippen LogP contribution in [-0.2, 0) is 7.05 Å². The Morgan fingerprint density at radius 1 is 0.806 bits per heavy atom. The molecule has 0 bridgehead atoms. The van der Waals surface area contributed by atoms with Crippen molar-refractivity contribution in [2.45, 2.75) is 13.0 Å². The number of nitrogens with zero attached hydrogens (tertiary/aromatic N) is 3. The number of benzene rings is 3. The van der Waals surface area contributed by atoms with Gasteiger partial charge >= 0.3 is 0 Å². The summed E-state index contributed by atoms with van der Waals surface area (Å²) < 4.78 is 3.47. The second kappa shape index (κ2) is 7.36. The number of aromatic nitrogens is 3. The molecule has 0 saturated carbocycles. The molecule has 0 fully saturated rings. The minimum Gasteiger partial charge on any atom is -0.328 e. The average Bonchev–Trinajstić information content (AvgIpc) is 2.82. The monoisotopic (exact) mass is 407 g/mol. The Kier molecular flexibility index (Phi) is 4.51. The Labute approximate surface area is 178 Å². The van der Waals surface area contributed by atoms with Crippen molar-refractivity contribution in [2.75, 3.05) is 0 Å². The van der Waals surface area contributed by atoms with Crippen molar-refractivity contribution in [2.24, 2.45) is 7.05 Å². The summed E-state index contributed by atoms with van der Waals surface area (Å²) in [5.74, 6) is 0.541. The molecular formula is C26H21N3O2. The Morgan fingerprint density at radius 3 is 2.13 bits per heavy atom. The van der Waals surface area contributed by atoms with Gasteiger partial charge in [-0.25, -0.2) is 4.98 Å². The second-order valence-corrected chi connectivity index (χ2v) is 7.67. The van der Waals surface area contributed by atoms with E-state index in [0.717, 1.165) is 16.6 Å². The molecule has 5 rings (SSSR count). The standard InChI is InChI=1S/C26H21N3O2/c1-17(18-11-5-3-6-12-18)29-24(19-13-7-4-8-14-19)27-25-22(26(29)31)23(30)20-15-9-10-16-21(20)28(25)2/h3-17H,1-2H3/t17-/m0/s1. The van der Waals surface area contributed by atoms with Gasteiger partial charge in [0.1, 0.15) is 11.2 Å². The van der Waals surface area contributed by atoms with E-state index in [1.807, 2.05) is 97.4 Å². The Bertz CT molecular complexity index is 1530. The molecule has 5 aromatic rings. The first kappa shape index (κ1) is 19.0. The highest BCUT2D eigenvalue weighted by molar-refractivity contribution is 5.92. The second-order valence-electron chi connectivity index (χ2n) is 7.67. The average molecular weight is 407 g/mol. The molecule has 0 spiro atoms. The van der Waals surface area contributed by atoms with Crippen molar-refractivity contribution in [3.63, 3.8) is 0 Å². The summed E-state index contributed by atoms with van der Waals surface area (Å²) in [6, 6.07) is 26.4. The minimum absolute atomic E-state index is 0.115. The smallest absolute Gasteiger partial charge is 0.267 e. The molecule has 0 amide bonds. The third kappa shape index (κ3) is 2.97. The zero-order valence-electron chi connectivity index (χ0n) is 17.3. The molecular weight excluding hydrogens is 386 g/mol. The lowest BCUT2D eigenvalue weighted by atomic mass is 10.1. The molecule has 5 heteroatoms. The van der Waals surface area contributed by atoms with Crippen LogP contribution in [0.25, 0.3) is 33.3 Å². The van der Waals surface area contributed by atoms with Gasteiger partial charge in [0.25, 0.3) is 5.56 Å². The summed E-state index contributed by atoms with van der Waals surface area (Å²) in [6.45, 7) is 1.96. The van der Waals surface area contributed by atoms with Gasteiger partial charge in [0, 0.05) is 18.0 Å². The van der Waals surface area contributed by atoms with E-state index >= 15 is 0 Å². The Balaban J connectivity index is 1.96. The Morgan fingerprint density at radius 2 is 1.42 bits per heavy atom. The SMILES string of the molecule is C[C@@H](c1ccccc1)n1c(-c2ccccc2)nc2c(c(=O)c3ccccc3n2C)c1=O. The van der Waals surface area contributed by atoms with Crippen LogP contribution in [0.15, 0.2) is 94.5 Å². The minimum atomic E-state index is -0.327. The lowest BCUT2D eigenvalue weighted by Crippen LogP contribution is -2.31. The molecule has 0 N–H and O–H groups in total. The fraction of sp³-hybridized carbons (Fsp3) is 0.115. The predicted octanol–water partition coefficient (Wildman–Crippen LogP) is 4.52. The highest BCUT2D eigenvalue weighted by Crippen LogP contribution is 2.25. The number of hydrogen-bond acceptors (Lipinski definition) is 3. The topological polar surface area (TPSA) is 56.9 Å². The van der Waals surface area contributed by atoms with E-state index in [1.165, 1.54) is 0 Å². The van der Waals surface area contributed by atoms with E-state index in [1.54, 1.807) is 10.6 Å². The van der Waals surface area contributed by atoms with Gasteiger partial charge in [0.05, 0.1) is 11.6 Å². The fourth-order valence-electron chi connectivity index (χ4n) is 4.20. The van der Waals surface area contributed by atoms with Crippen LogP contribution in [0.2, 0.25) is 0 Å². The van der Waals surface area contributed by atoms with E-state index in [9.17, 15) is 9.59 Å². The zero-order chi connectivity index (χ0) is 21.5. The summed E-state index contributed by atoms with van der Waals surface area (Å²) in [4.78, 5) is 32.1. The van der Waals surface area contributed by atoms with Crippen molar-refractivity contribution in [1.29, 1.82) is 0 Å². The summed E-state index contributed by atoms with van der Waals surface area (Å²) in [5.41, 5.74) is 2.33. The Hall–Kier alpha value is -3.99. The highest BCUT2D eigenvalue weighted by atomic mass is 16.1. The molecule has 1 atom stereocenters. The van der Waals surface area contributed by atoms with E-state index in [0.29, 0.717) is 16.9 Å². The molecule has 152 valence electrons. The molecule has 2 aromatic heterocycles. The van der Waals surface area contributed by atoms with Crippen molar-refractivity contribution < 1.29 is 0 Å². The van der Waals surface area contributed by atoms with Crippen molar-refractivity contribution in [3.05, 3.63) is 111 Å². The van der Waals surface area contributed by atoms with E-state index in [2.05, 4.69) is 0 Å². The van der Waals surface area contributed by atoms with Crippen molar-refractivity contribution >= 4 is 21.9 Å². The van der Waals surface area contributed by atoms with Gasteiger partial charge in [-0.1, -0.05) is 72.8 Å². The highest BCUT2D eigenvalue weighted by Gasteiger charge is 2.22. The first-order valence-electron chi connectivity index (χ1n) is 10.2. The number of hydrogen-bond donors (Lipinski definition) is 0. The molecule has 0 aliphatic carbocycles. The first-order valence-corrected chi connectivity index (χ1v) is 10.2. The van der Waals surface area contributed by atoms with Crippen LogP contribution in [0, 0.1) is 0 Å². The molecule has 0 aliphatic rings. The van der Waals surface area contributed by atoms with Gasteiger partial charge < -0.3 is 4.57 Å². The molecule has 31 heavy (non-hydrogen) atoms. The molecule has 0 radical (unpaired) electrons. The van der Waals surface area contributed by atoms with Crippen LogP contribution in [0.1, 0.15) is 18.5 Å². The summed E-state index contributed by atoms with van der Waals surface area (Å²) in [7, 11) is 1.84. The normalized spacial score (nSPS) is 12.3. The zero-order valence-corrected chi connectivity index (χ0v) is 17.3. The summed E-state index contributed by atoms with van der Waals surface area (Å²) in [6.07, 6.45) is 0. The van der Waals surface area contributed by atoms with Crippen LogP contribution >= 0.6 is 0 Å². The van der Waals surface area contributed by atoms with Crippen LogP contribution in [0.5, 0.6) is 0 Å². The van der Waals surface area contributed by atoms with E-state index < -0.39 is 0 Å². The maximum Gasteiger partial charge on any atom is 0.267 e. The van der Waals surface area contributed by atoms with Crippen molar-refractivity contribution in [3.8, 4) is 11.4 Å². The van der Waals surface area contributed by atoms with Crippen molar-refractivity contribution in [1.82, 2.24) is 14.1 Å². The molecule has 3 aromatic carbocycles. The number of aryl methyl sites for hydroxylation is 1. The van der Waals surface area contributed by atoms with Gasteiger partial charge in [-0.2, -0.15) is 0 Å². The lowest BCUT2D eigenvalue weighted by Gasteiger charge is -2.21. The predicted molar refractivity (Wildman–Crippen MR) is 124 cm³/mol. The van der Waals surface area contributed by atoms with Crippen LogP contribution in [0.4, 0.5) is 0 Å². The van der Waals surface area contributed by atoms with Gasteiger partial charge in [-0.3, -0.25) is 14.2 Å². The van der Waals surface area contributed by atoms with Gasteiger partial charge in [-0.05, 0) is 24.6 Å². The van der Waals surface area contributed by atoms with Crippen LogP contribution in [-0.4, -0.2) is 14.1 Å². The maximum absolute atomic E-state index is 13.9. The first-order chi connectivity index (χ1) is 15.1. The molecule has 0 saturated heterocycles. The summed E-state index contributed by atoms with van der Waals surface area (Å²) >= 11 is 0. The largest absolute Gasteiger partial charge is 0.328 e. The maximum atomic E-state index is 13.9. The van der Waals surface area contributed by atoms with Gasteiger partial charge in [0.15, 0.2) is 5.65 Å². The molecule has 0 aliphatic heterocycles. The number of pyridine rings is 1. The third-order valence-corrected chi connectivity index (χ3v) is 5.85. The molecule has 2 heterocycles. The van der Waals surface area contributed by atoms with Gasteiger partial charge in [0.2, 0.25) is 5.43 Å². The van der Waals surface area contributed by atoms with Gasteiger partial charge in [-0.15, -0.1) is 0 Å². The number of fused-ring (bicyclic) bond motifs is 2. The number of rotatable bonds is 3. The summed E-state index contributed by atoms with van der Waals surface area (Å²) in [5, 5.41) is 0.631. The number of para-hydroxylation sites is 1. The molecule has 0 unspecified atom stereocenters. The third-order valence-electron chi connectivity index (χ3n) is 5.85. The van der Waals surface area contributed by atoms with Crippen LogP contribution < -0.4 is 11.0 Å². The van der Waals surface area contributed by atoms with E-state index in [-0.39, 0.29) is 22.4 Å². The molecule has 5 nitrogen and oxygen atoms in total. The van der Waals surface area contributed by atoms with Crippen LogP contribution in [0.3, 0.4) is 0 Å². The lowest BCUT2D eigenvalue weighted by molar-refractivity contribution is 0.615.